The SMILES string of the molecule is N#Cc1cccc(Cn2c(=O)[c]c(O)c3ccccc32)c1. The normalized spacial score (nSPS) is 10.4. The Morgan fingerprint density at radius 3 is 2.81 bits per heavy atom. The molecule has 0 saturated heterocycles. The number of hydrogen-bond donors (Lipinski definition) is 1. The highest BCUT2D eigenvalue weighted by molar-refractivity contribution is 5.84. The predicted octanol–water partition coefficient (Wildman–Crippen LogP) is 2.43. The van der Waals surface area contributed by atoms with Crippen LogP contribution in [-0.2, 0) is 6.54 Å². The number of fused-ring (bicyclic) bond motifs is 1. The third-order valence-corrected chi connectivity index (χ3v) is 3.32. The van der Waals surface area contributed by atoms with Gasteiger partial charge in [0.15, 0.2) is 0 Å². The number of hydrogen-bond acceptors (Lipinski definition) is 3. The molecule has 1 N–H and O–H groups in total. The lowest BCUT2D eigenvalue weighted by Crippen LogP contribution is -2.20. The lowest BCUT2D eigenvalue weighted by atomic mass is 10.1. The van der Waals surface area contributed by atoms with Crippen molar-refractivity contribution in [2.75, 3.05) is 0 Å². The second-order valence-electron chi connectivity index (χ2n) is 4.69. The van der Waals surface area contributed by atoms with Crippen molar-refractivity contribution >= 4 is 10.9 Å². The van der Waals surface area contributed by atoms with E-state index in [1.807, 2.05) is 12.1 Å². The molecule has 101 valence electrons. The molecule has 0 aliphatic rings. The average Bonchev–Trinajstić information content (AvgIpc) is 2.51. The molecule has 0 spiro atoms. The number of nitrogens with zero attached hydrogens (tertiary/aromatic N) is 2. The second kappa shape index (κ2) is 5.14. The molecule has 0 fully saturated rings. The molecule has 21 heavy (non-hydrogen) atoms. The number of para-hydroxylation sites is 1. The number of aromatic hydroxyl groups is 1. The van der Waals surface area contributed by atoms with Crippen LogP contribution in [0.25, 0.3) is 10.9 Å². The summed E-state index contributed by atoms with van der Waals surface area (Å²) in [4.78, 5) is 12.1. The van der Waals surface area contributed by atoms with Crippen molar-refractivity contribution in [2.24, 2.45) is 0 Å². The molecule has 0 aliphatic heterocycles. The fourth-order valence-electron chi connectivity index (χ4n) is 2.33. The molecular weight excluding hydrogens is 264 g/mol. The highest BCUT2D eigenvalue weighted by Gasteiger charge is 2.08. The molecule has 4 heteroatoms. The van der Waals surface area contributed by atoms with Gasteiger partial charge in [-0.2, -0.15) is 5.26 Å². The van der Waals surface area contributed by atoms with E-state index in [9.17, 15) is 9.90 Å². The maximum atomic E-state index is 12.1. The van der Waals surface area contributed by atoms with Gasteiger partial charge in [0.25, 0.3) is 5.56 Å². The summed E-state index contributed by atoms with van der Waals surface area (Å²) in [6.45, 7) is 0.325. The third kappa shape index (κ3) is 2.37. The first-order valence-corrected chi connectivity index (χ1v) is 6.42. The Morgan fingerprint density at radius 2 is 2.00 bits per heavy atom. The van der Waals surface area contributed by atoms with E-state index in [-0.39, 0.29) is 5.75 Å². The van der Waals surface area contributed by atoms with Crippen molar-refractivity contribution in [1.82, 2.24) is 4.57 Å². The quantitative estimate of drug-likeness (QED) is 0.781. The number of rotatable bonds is 2. The van der Waals surface area contributed by atoms with Crippen molar-refractivity contribution < 1.29 is 5.11 Å². The van der Waals surface area contributed by atoms with Crippen LogP contribution >= 0.6 is 0 Å². The van der Waals surface area contributed by atoms with Gasteiger partial charge in [-0.05, 0) is 29.8 Å². The van der Waals surface area contributed by atoms with Crippen LogP contribution in [-0.4, -0.2) is 9.67 Å². The lowest BCUT2D eigenvalue weighted by molar-refractivity contribution is 0.478. The number of aromatic nitrogens is 1. The van der Waals surface area contributed by atoms with Crippen LogP contribution in [0.4, 0.5) is 0 Å². The molecule has 3 aromatic rings. The first-order valence-electron chi connectivity index (χ1n) is 6.42. The van der Waals surface area contributed by atoms with Gasteiger partial charge in [-0.1, -0.05) is 24.3 Å². The van der Waals surface area contributed by atoms with Crippen molar-refractivity contribution in [3.63, 3.8) is 0 Å². The van der Waals surface area contributed by atoms with Crippen LogP contribution in [0, 0.1) is 17.4 Å². The highest BCUT2D eigenvalue weighted by Crippen LogP contribution is 2.22. The molecule has 0 bridgehead atoms. The van der Waals surface area contributed by atoms with E-state index in [4.69, 9.17) is 5.26 Å². The van der Waals surface area contributed by atoms with E-state index >= 15 is 0 Å². The summed E-state index contributed by atoms with van der Waals surface area (Å²) in [6, 6.07) is 18.7. The summed E-state index contributed by atoms with van der Waals surface area (Å²) in [7, 11) is 0. The molecule has 2 aromatic carbocycles. The zero-order valence-electron chi connectivity index (χ0n) is 11.1. The van der Waals surface area contributed by atoms with Crippen LogP contribution in [0.15, 0.2) is 53.3 Å². The monoisotopic (exact) mass is 275 g/mol. The maximum absolute atomic E-state index is 12.1. The van der Waals surface area contributed by atoms with Crippen molar-refractivity contribution in [3.05, 3.63) is 76.1 Å². The van der Waals surface area contributed by atoms with E-state index in [0.717, 1.165) is 5.56 Å². The zero-order valence-corrected chi connectivity index (χ0v) is 11.1. The van der Waals surface area contributed by atoms with Crippen LogP contribution in [0.3, 0.4) is 0 Å². The lowest BCUT2D eigenvalue weighted by Gasteiger charge is -2.11. The Kier molecular flexibility index (Phi) is 3.17. The first kappa shape index (κ1) is 12.9. The number of pyridine rings is 1. The van der Waals surface area contributed by atoms with E-state index in [1.54, 1.807) is 36.4 Å². The summed E-state index contributed by atoms with van der Waals surface area (Å²) in [5.41, 5.74) is 1.64. The summed E-state index contributed by atoms with van der Waals surface area (Å²) >= 11 is 0. The van der Waals surface area contributed by atoms with Crippen LogP contribution in [0.2, 0.25) is 0 Å². The Balaban J connectivity index is 2.17. The maximum Gasteiger partial charge on any atom is 0.263 e. The van der Waals surface area contributed by atoms with Gasteiger partial charge >= 0.3 is 0 Å². The van der Waals surface area contributed by atoms with E-state index in [1.165, 1.54) is 4.57 Å². The average molecular weight is 275 g/mol. The summed E-state index contributed by atoms with van der Waals surface area (Å²) in [5, 5.41) is 19.3. The number of nitriles is 1. The third-order valence-electron chi connectivity index (χ3n) is 3.32. The fourth-order valence-corrected chi connectivity index (χ4v) is 2.33. The molecule has 0 atom stereocenters. The Bertz CT molecular complexity index is 920. The van der Waals surface area contributed by atoms with Crippen LogP contribution < -0.4 is 5.56 Å². The van der Waals surface area contributed by atoms with Crippen LogP contribution in [0.5, 0.6) is 5.75 Å². The smallest absolute Gasteiger partial charge is 0.263 e. The molecule has 3 rings (SSSR count). The Morgan fingerprint density at radius 1 is 1.19 bits per heavy atom. The van der Waals surface area contributed by atoms with Crippen molar-refractivity contribution in [2.45, 2.75) is 6.54 Å². The second-order valence-corrected chi connectivity index (χ2v) is 4.69. The van der Waals surface area contributed by atoms with Gasteiger partial charge in [0.2, 0.25) is 0 Å². The van der Waals surface area contributed by atoms with Gasteiger partial charge in [0.1, 0.15) is 5.75 Å². The van der Waals surface area contributed by atoms with E-state index in [2.05, 4.69) is 12.1 Å². The number of benzene rings is 2. The van der Waals surface area contributed by atoms with E-state index in [0.29, 0.717) is 23.0 Å². The summed E-state index contributed by atoms with van der Waals surface area (Å²) < 4.78 is 1.53. The van der Waals surface area contributed by atoms with Gasteiger partial charge in [-0.3, -0.25) is 4.79 Å². The standard InChI is InChI=1S/C17H11N2O2/c18-10-12-4-3-5-13(8-12)11-19-15-7-2-1-6-14(15)16(20)9-17(19)21/h1-8,20H,11H2. The molecule has 0 unspecified atom stereocenters. The van der Waals surface area contributed by atoms with Crippen molar-refractivity contribution in [3.8, 4) is 11.8 Å². The van der Waals surface area contributed by atoms with Gasteiger partial charge in [0.05, 0.1) is 29.8 Å². The minimum absolute atomic E-state index is 0.141. The highest BCUT2D eigenvalue weighted by atomic mass is 16.3. The Labute approximate surface area is 121 Å². The molecule has 1 heterocycles. The fraction of sp³-hybridized carbons (Fsp3) is 0.0588. The van der Waals surface area contributed by atoms with Crippen molar-refractivity contribution in [1.29, 1.82) is 5.26 Å². The summed E-state index contributed by atoms with van der Waals surface area (Å²) in [6.07, 6.45) is 0. The minimum Gasteiger partial charge on any atom is -0.506 e. The molecule has 1 radical (unpaired) electrons. The molecule has 0 amide bonds. The van der Waals surface area contributed by atoms with Crippen LogP contribution in [0.1, 0.15) is 11.1 Å². The van der Waals surface area contributed by atoms with Gasteiger partial charge < -0.3 is 9.67 Å². The van der Waals surface area contributed by atoms with E-state index < -0.39 is 5.56 Å². The summed E-state index contributed by atoms with van der Waals surface area (Å²) in [5.74, 6) is -0.141. The Hall–Kier alpha value is -3.06. The van der Waals surface area contributed by atoms with Gasteiger partial charge in [0, 0.05) is 5.39 Å². The predicted molar refractivity (Wildman–Crippen MR) is 79.0 cm³/mol. The zero-order chi connectivity index (χ0) is 14.8. The largest absolute Gasteiger partial charge is 0.506 e. The molecule has 4 nitrogen and oxygen atoms in total. The topological polar surface area (TPSA) is 66.0 Å². The van der Waals surface area contributed by atoms with Gasteiger partial charge in [-0.25, -0.2) is 0 Å². The van der Waals surface area contributed by atoms with Gasteiger partial charge in [-0.15, -0.1) is 0 Å². The first-order chi connectivity index (χ1) is 10.2. The molecule has 1 aromatic heterocycles. The minimum atomic E-state index is -0.395. The molecular formula is C17H11N2O2. The molecule has 0 saturated carbocycles. The molecule has 0 aliphatic carbocycles.